The van der Waals surface area contributed by atoms with E-state index in [9.17, 15) is 0 Å². The summed E-state index contributed by atoms with van der Waals surface area (Å²) in [4.78, 5) is 7.79. The summed E-state index contributed by atoms with van der Waals surface area (Å²) in [5.41, 5.74) is 0. The Balaban J connectivity index is 2.57. The molecule has 0 bridgehead atoms. The fraction of sp³-hybridized carbons (Fsp3) is 0.556. The third kappa shape index (κ3) is 3.47. The Labute approximate surface area is 88.3 Å². The molecule has 78 valence electrons. The van der Waals surface area contributed by atoms with Crippen LogP contribution in [0.25, 0.3) is 0 Å². The predicted molar refractivity (Wildman–Crippen MR) is 56.4 cm³/mol. The molecule has 0 aliphatic rings. The van der Waals surface area contributed by atoms with Crippen molar-refractivity contribution < 1.29 is 5.11 Å². The highest BCUT2D eigenvalue weighted by Gasteiger charge is 2.05. The first-order chi connectivity index (χ1) is 6.76. The van der Waals surface area contributed by atoms with Gasteiger partial charge in [-0.1, -0.05) is 6.92 Å². The molecule has 1 rings (SSSR count). The third-order valence-electron chi connectivity index (χ3n) is 1.95. The van der Waals surface area contributed by atoms with E-state index in [4.69, 9.17) is 16.7 Å². The Morgan fingerprint density at radius 1 is 1.64 bits per heavy atom. The zero-order chi connectivity index (χ0) is 10.4. The van der Waals surface area contributed by atoms with Crippen LogP contribution in [0.15, 0.2) is 12.3 Å². The van der Waals surface area contributed by atoms with Gasteiger partial charge in [-0.25, -0.2) is 9.97 Å². The van der Waals surface area contributed by atoms with Gasteiger partial charge >= 0.3 is 0 Å². The molecular formula is C9H14ClN3O. The van der Waals surface area contributed by atoms with Crippen LogP contribution in [0.5, 0.6) is 0 Å². The van der Waals surface area contributed by atoms with E-state index in [1.165, 1.54) is 0 Å². The van der Waals surface area contributed by atoms with E-state index in [0.29, 0.717) is 12.2 Å². The molecular weight excluding hydrogens is 202 g/mol. The molecule has 0 spiro atoms. The topological polar surface area (TPSA) is 58.0 Å². The lowest BCUT2D eigenvalue weighted by Gasteiger charge is -2.15. The minimum atomic E-state index is 0.171. The highest BCUT2D eigenvalue weighted by molar-refractivity contribution is 6.28. The van der Waals surface area contributed by atoms with Gasteiger partial charge in [-0.15, -0.1) is 0 Å². The van der Waals surface area contributed by atoms with Crippen molar-refractivity contribution in [2.45, 2.75) is 25.8 Å². The summed E-state index contributed by atoms with van der Waals surface area (Å²) in [6.07, 6.45) is 3.24. The summed E-state index contributed by atoms with van der Waals surface area (Å²) < 4.78 is 0. The number of anilines is 1. The van der Waals surface area contributed by atoms with Crippen molar-refractivity contribution in [2.75, 3.05) is 11.9 Å². The van der Waals surface area contributed by atoms with Gasteiger partial charge in [-0.2, -0.15) is 0 Å². The molecule has 0 amide bonds. The molecule has 2 N–H and O–H groups in total. The summed E-state index contributed by atoms with van der Waals surface area (Å²) in [6.45, 7) is 2.22. The summed E-state index contributed by atoms with van der Waals surface area (Å²) in [7, 11) is 0. The molecule has 0 fully saturated rings. The second kappa shape index (κ2) is 5.78. The van der Waals surface area contributed by atoms with Crippen LogP contribution in [-0.4, -0.2) is 27.7 Å². The number of aliphatic hydroxyl groups is 1. The van der Waals surface area contributed by atoms with Gasteiger partial charge in [0.1, 0.15) is 5.82 Å². The number of halogens is 1. The fourth-order valence-electron chi connectivity index (χ4n) is 1.16. The van der Waals surface area contributed by atoms with E-state index in [1.54, 1.807) is 12.3 Å². The molecule has 4 nitrogen and oxygen atoms in total. The van der Waals surface area contributed by atoms with Crippen molar-refractivity contribution in [1.82, 2.24) is 9.97 Å². The van der Waals surface area contributed by atoms with Gasteiger partial charge in [0.2, 0.25) is 5.28 Å². The van der Waals surface area contributed by atoms with Crippen molar-refractivity contribution in [2.24, 2.45) is 0 Å². The maximum Gasteiger partial charge on any atom is 0.224 e. The largest absolute Gasteiger partial charge is 0.396 e. The van der Waals surface area contributed by atoms with Crippen molar-refractivity contribution in [3.05, 3.63) is 17.5 Å². The van der Waals surface area contributed by atoms with Crippen molar-refractivity contribution in [3.8, 4) is 0 Å². The lowest BCUT2D eigenvalue weighted by atomic mass is 10.1. The van der Waals surface area contributed by atoms with E-state index in [0.717, 1.165) is 6.42 Å². The van der Waals surface area contributed by atoms with Crippen LogP contribution in [0.4, 0.5) is 5.82 Å². The third-order valence-corrected chi connectivity index (χ3v) is 2.13. The molecule has 1 atom stereocenters. The monoisotopic (exact) mass is 215 g/mol. The zero-order valence-corrected chi connectivity index (χ0v) is 8.83. The molecule has 1 unspecified atom stereocenters. The number of aliphatic hydroxyl groups excluding tert-OH is 1. The molecule has 0 saturated heterocycles. The van der Waals surface area contributed by atoms with Crippen LogP contribution in [0.1, 0.15) is 19.8 Å². The van der Waals surface area contributed by atoms with Crippen LogP contribution in [0.3, 0.4) is 0 Å². The molecule has 0 aliphatic heterocycles. The standard InChI is InChI=1S/C9H14ClN3O/c1-2-7(4-6-14)12-8-3-5-11-9(10)13-8/h3,5,7,14H,2,4,6H2,1H3,(H,11,12,13). The number of aromatic nitrogens is 2. The second-order valence-electron chi connectivity index (χ2n) is 2.97. The van der Waals surface area contributed by atoms with Crippen LogP contribution >= 0.6 is 11.6 Å². The highest BCUT2D eigenvalue weighted by atomic mass is 35.5. The predicted octanol–water partition coefficient (Wildman–Crippen LogP) is 1.70. The maximum absolute atomic E-state index is 8.80. The lowest BCUT2D eigenvalue weighted by molar-refractivity contribution is 0.278. The number of hydrogen-bond donors (Lipinski definition) is 2. The van der Waals surface area contributed by atoms with Crippen LogP contribution in [-0.2, 0) is 0 Å². The van der Waals surface area contributed by atoms with E-state index in [2.05, 4.69) is 22.2 Å². The molecule has 0 aliphatic carbocycles. The van der Waals surface area contributed by atoms with E-state index >= 15 is 0 Å². The number of nitrogens with zero attached hydrogens (tertiary/aromatic N) is 2. The summed E-state index contributed by atoms with van der Waals surface area (Å²) in [6, 6.07) is 1.98. The Kier molecular flexibility index (Phi) is 4.62. The molecule has 1 heterocycles. The average Bonchev–Trinajstić information content (AvgIpc) is 2.17. The first-order valence-electron chi connectivity index (χ1n) is 4.62. The van der Waals surface area contributed by atoms with E-state index in [1.807, 2.05) is 0 Å². The first kappa shape index (κ1) is 11.2. The SMILES string of the molecule is CCC(CCO)Nc1ccnc(Cl)n1. The van der Waals surface area contributed by atoms with Gasteiger partial charge < -0.3 is 10.4 Å². The van der Waals surface area contributed by atoms with E-state index < -0.39 is 0 Å². The van der Waals surface area contributed by atoms with Gasteiger partial charge in [0.25, 0.3) is 0 Å². The Hall–Kier alpha value is -0.870. The average molecular weight is 216 g/mol. The molecule has 0 radical (unpaired) electrons. The van der Waals surface area contributed by atoms with Crippen LogP contribution in [0.2, 0.25) is 5.28 Å². The van der Waals surface area contributed by atoms with Gasteiger partial charge in [0, 0.05) is 18.8 Å². The molecule has 1 aromatic heterocycles. The smallest absolute Gasteiger partial charge is 0.224 e. The molecule has 14 heavy (non-hydrogen) atoms. The molecule has 0 saturated carbocycles. The number of hydrogen-bond acceptors (Lipinski definition) is 4. The molecule has 1 aromatic rings. The Bertz CT molecular complexity index is 283. The summed E-state index contributed by atoms with van der Waals surface area (Å²) in [5, 5.41) is 12.2. The van der Waals surface area contributed by atoms with Gasteiger partial charge in [-0.05, 0) is 30.5 Å². The molecule has 0 aromatic carbocycles. The normalized spacial score (nSPS) is 12.5. The van der Waals surface area contributed by atoms with Crippen LogP contribution < -0.4 is 5.32 Å². The maximum atomic E-state index is 8.80. The fourth-order valence-corrected chi connectivity index (χ4v) is 1.31. The summed E-state index contributed by atoms with van der Waals surface area (Å²) in [5.74, 6) is 0.699. The minimum Gasteiger partial charge on any atom is -0.396 e. The number of rotatable bonds is 5. The Morgan fingerprint density at radius 3 is 3.00 bits per heavy atom. The first-order valence-corrected chi connectivity index (χ1v) is 5.00. The minimum absolute atomic E-state index is 0.171. The quantitative estimate of drug-likeness (QED) is 0.735. The van der Waals surface area contributed by atoms with E-state index in [-0.39, 0.29) is 17.9 Å². The van der Waals surface area contributed by atoms with Gasteiger partial charge in [-0.3, -0.25) is 0 Å². The van der Waals surface area contributed by atoms with Crippen molar-refractivity contribution >= 4 is 17.4 Å². The highest BCUT2D eigenvalue weighted by Crippen LogP contribution is 2.10. The molecule has 5 heteroatoms. The van der Waals surface area contributed by atoms with Crippen LogP contribution in [0, 0.1) is 0 Å². The lowest BCUT2D eigenvalue weighted by Crippen LogP contribution is -2.20. The zero-order valence-electron chi connectivity index (χ0n) is 8.07. The number of nitrogens with one attached hydrogen (secondary N) is 1. The summed E-state index contributed by atoms with van der Waals surface area (Å²) >= 11 is 5.64. The van der Waals surface area contributed by atoms with Crippen molar-refractivity contribution in [1.29, 1.82) is 0 Å². The van der Waals surface area contributed by atoms with Gasteiger partial charge in [0.05, 0.1) is 0 Å². The van der Waals surface area contributed by atoms with Crippen molar-refractivity contribution in [3.63, 3.8) is 0 Å². The Morgan fingerprint density at radius 2 is 2.43 bits per heavy atom. The second-order valence-corrected chi connectivity index (χ2v) is 3.31. The van der Waals surface area contributed by atoms with Gasteiger partial charge in [0.15, 0.2) is 0 Å².